The maximum absolute atomic E-state index is 11.6. The lowest BCUT2D eigenvalue weighted by molar-refractivity contribution is 0.0582. The third-order valence-electron chi connectivity index (χ3n) is 2.92. The molecule has 2 aromatic rings. The number of hydrogen-bond donors (Lipinski definition) is 1. The van der Waals surface area contributed by atoms with Gasteiger partial charge in [-0.25, -0.2) is 9.59 Å². The van der Waals surface area contributed by atoms with Gasteiger partial charge in [0.15, 0.2) is 0 Å². The number of carboxylic acid groups (broad SMARTS) is 1. The molecule has 6 heteroatoms. The molecule has 0 radical (unpaired) electrons. The number of benzene rings is 2. The second-order valence-corrected chi connectivity index (χ2v) is 5.43. The van der Waals surface area contributed by atoms with Crippen LogP contribution in [0.4, 0.5) is 0 Å². The van der Waals surface area contributed by atoms with E-state index >= 15 is 0 Å². The van der Waals surface area contributed by atoms with Gasteiger partial charge in [0.1, 0.15) is 5.75 Å². The zero-order valence-corrected chi connectivity index (χ0v) is 12.8. The minimum absolute atomic E-state index is 0.0362. The Kier molecular flexibility index (Phi) is 5.06. The largest absolute Gasteiger partial charge is 0.497 e. The first-order valence-corrected chi connectivity index (χ1v) is 7.14. The molecule has 0 spiro atoms. The highest BCUT2D eigenvalue weighted by Crippen LogP contribution is 2.30. The summed E-state index contributed by atoms with van der Waals surface area (Å²) in [5.41, 5.74) is -0.0422. The van der Waals surface area contributed by atoms with Crippen LogP contribution in [0.25, 0.3) is 0 Å². The van der Waals surface area contributed by atoms with E-state index < -0.39 is 11.9 Å². The van der Waals surface area contributed by atoms with Crippen molar-refractivity contribution in [1.82, 2.24) is 0 Å². The van der Waals surface area contributed by atoms with E-state index in [1.807, 2.05) is 24.3 Å². The zero-order valence-electron chi connectivity index (χ0n) is 12.0. The van der Waals surface area contributed by atoms with Gasteiger partial charge >= 0.3 is 11.9 Å². The number of hydrogen-bond acceptors (Lipinski definition) is 5. The Labute approximate surface area is 131 Å². The van der Waals surface area contributed by atoms with E-state index in [1.54, 1.807) is 13.2 Å². The highest BCUT2D eigenvalue weighted by atomic mass is 32.2. The maximum atomic E-state index is 11.6. The van der Waals surface area contributed by atoms with E-state index in [-0.39, 0.29) is 11.1 Å². The minimum atomic E-state index is -1.17. The Morgan fingerprint density at radius 3 is 2.14 bits per heavy atom. The van der Waals surface area contributed by atoms with E-state index in [0.29, 0.717) is 0 Å². The molecule has 0 fully saturated rings. The standard InChI is InChI=1S/C16H14O5S/c1-20-10-3-5-11(6-4-10)22-12-7-8-13(16(19)21-2)14(9-12)15(17)18/h3-9H,1-2H3,(H,17,18). The first-order valence-electron chi connectivity index (χ1n) is 6.32. The van der Waals surface area contributed by atoms with Gasteiger partial charge in [0.25, 0.3) is 0 Å². The van der Waals surface area contributed by atoms with Crippen molar-refractivity contribution >= 4 is 23.7 Å². The molecule has 2 aromatic carbocycles. The Hall–Kier alpha value is -2.47. The van der Waals surface area contributed by atoms with E-state index in [0.717, 1.165) is 15.5 Å². The van der Waals surface area contributed by atoms with Crippen LogP contribution in [0.1, 0.15) is 20.7 Å². The zero-order chi connectivity index (χ0) is 16.1. The van der Waals surface area contributed by atoms with Crippen molar-refractivity contribution in [3.8, 4) is 5.75 Å². The van der Waals surface area contributed by atoms with Gasteiger partial charge in [0.05, 0.1) is 25.3 Å². The second kappa shape index (κ2) is 7.00. The van der Waals surface area contributed by atoms with Crippen molar-refractivity contribution in [1.29, 1.82) is 0 Å². The highest BCUT2D eigenvalue weighted by Gasteiger charge is 2.17. The molecular formula is C16H14O5S. The lowest BCUT2D eigenvalue weighted by Gasteiger charge is -2.08. The summed E-state index contributed by atoms with van der Waals surface area (Å²) in [5, 5.41) is 9.24. The fourth-order valence-electron chi connectivity index (χ4n) is 1.83. The predicted molar refractivity (Wildman–Crippen MR) is 81.9 cm³/mol. The minimum Gasteiger partial charge on any atom is -0.497 e. The molecule has 0 bridgehead atoms. The highest BCUT2D eigenvalue weighted by molar-refractivity contribution is 7.99. The van der Waals surface area contributed by atoms with Crippen LogP contribution >= 0.6 is 11.8 Å². The molecule has 0 amide bonds. The van der Waals surface area contributed by atoms with Crippen LogP contribution in [0.5, 0.6) is 5.75 Å². The van der Waals surface area contributed by atoms with Gasteiger partial charge in [-0.2, -0.15) is 0 Å². The average Bonchev–Trinajstić information content (AvgIpc) is 2.54. The van der Waals surface area contributed by atoms with Crippen LogP contribution in [-0.4, -0.2) is 31.3 Å². The summed E-state index contributed by atoms with van der Waals surface area (Å²) in [5.74, 6) is -1.09. The van der Waals surface area contributed by atoms with Crippen molar-refractivity contribution < 1.29 is 24.2 Å². The van der Waals surface area contributed by atoms with Gasteiger partial charge in [-0.1, -0.05) is 11.8 Å². The van der Waals surface area contributed by atoms with Crippen LogP contribution in [-0.2, 0) is 4.74 Å². The van der Waals surface area contributed by atoms with Crippen LogP contribution in [0.2, 0.25) is 0 Å². The molecule has 2 rings (SSSR count). The van der Waals surface area contributed by atoms with E-state index in [9.17, 15) is 14.7 Å². The van der Waals surface area contributed by atoms with E-state index in [2.05, 4.69) is 4.74 Å². The summed E-state index contributed by atoms with van der Waals surface area (Å²) >= 11 is 1.40. The van der Waals surface area contributed by atoms with Gasteiger partial charge in [-0.15, -0.1) is 0 Å². The molecule has 0 aliphatic carbocycles. The maximum Gasteiger partial charge on any atom is 0.338 e. The summed E-state index contributed by atoms with van der Waals surface area (Å²) in [6.07, 6.45) is 0. The smallest absolute Gasteiger partial charge is 0.338 e. The number of carbonyl (C=O) groups is 2. The number of rotatable bonds is 5. The van der Waals surface area contributed by atoms with Crippen LogP contribution < -0.4 is 4.74 Å². The molecular weight excluding hydrogens is 304 g/mol. The molecule has 0 atom stereocenters. The molecule has 0 saturated carbocycles. The molecule has 0 unspecified atom stereocenters. The Bertz CT molecular complexity index is 694. The third-order valence-corrected chi connectivity index (χ3v) is 3.92. The summed E-state index contributed by atoms with van der Waals surface area (Å²) in [6.45, 7) is 0. The summed E-state index contributed by atoms with van der Waals surface area (Å²) in [7, 11) is 2.81. The quantitative estimate of drug-likeness (QED) is 0.853. The van der Waals surface area contributed by atoms with Crippen LogP contribution in [0.15, 0.2) is 52.3 Å². The third kappa shape index (κ3) is 3.59. The number of aromatic carboxylic acids is 1. The lowest BCUT2D eigenvalue weighted by atomic mass is 10.1. The van der Waals surface area contributed by atoms with E-state index in [1.165, 1.54) is 31.0 Å². The Balaban J connectivity index is 2.29. The summed E-state index contributed by atoms with van der Waals surface area (Å²) < 4.78 is 9.67. The van der Waals surface area contributed by atoms with Crippen molar-refractivity contribution in [2.45, 2.75) is 9.79 Å². The van der Waals surface area contributed by atoms with Gasteiger partial charge in [0, 0.05) is 9.79 Å². The number of methoxy groups -OCH3 is 2. The number of esters is 1. The molecule has 0 aliphatic rings. The first kappa shape index (κ1) is 15.9. The Morgan fingerprint density at radius 2 is 1.59 bits per heavy atom. The molecule has 0 saturated heterocycles. The van der Waals surface area contributed by atoms with Crippen molar-refractivity contribution in [3.05, 3.63) is 53.6 Å². The number of carbonyl (C=O) groups excluding carboxylic acids is 1. The lowest BCUT2D eigenvalue weighted by Crippen LogP contribution is -2.10. The number of carboxylic acids is 1. The fraction of sp³-hybridized carbons (Fsp3) is 0.125. The van der Waals surface area contributed by atoms with Gasteiger partial charge in [-0.3, -0.25) is 0 Å². The molecule has 1 N–H and O–H groups in total. The second-order valence-electron chi connectivity index (χ2n) is 4.28. The SMILES string of the molecule is COC(=O)c1ccc(Sc2ccc(OC)cc2)cc1C(=O)O. The average molecular weight is 318 g/mol. The summed E-state index contributed by atoms with van der Waals surface area (Å²) in [4.78, 5) is 24.5. The number of ether oxygens (including phenoxy) is 2. The fourth-order valence-corrected chi connectivity index (χ4v) is 2.69. The topological polar surface area (TPSA) is 72.8 Å². The first-order chi connectivity index (χ1) is 10.5. The van der Waals surface area contributed by atoms with Crippen molar-refractivity contribution in [2.75, 3.05) is 14.2 Å². The molecule has 22 heavy (non-hydrogen) atoms. The summed E-state index contributed by atoms with van der Waals surface area (Å²) in [6, 6.07) is 12.0. The van der Waals surface area contributed by atoms with Gasteiger partial charge in [-0.05, 0) is 42.5 Å². The molecule has 0 aliphatic heterocycles. The van der Waals surface area contributed by atoms with Crippen LogP contribution in [0.3, 0.4) is 0 Å². The molecule has 0 heterocycles. The van der Waals surface area contributed by atoms with Gasteiger partial charge < -0.3 is 14.6 Å². The van der Waals surface area contributed by atoms with Crippen LogP contribution in [0, 0.1) is 0 Å². The van der Waals surface area contributed by atoms with Crippen molar-refractivity contribution in [2.24, 2.45) is 0 Å². The molecule has 0 aromatic heterocycles. The predicted octanol–water partition coefficient (Wildman–Crippen LogP) is 3.33. The molecule has 5 nitrogen and oxygen atoms in total. The van der Waals surface area contributed by atoms with E-state index in [4.69, 9.17) is 4.74 Å². The Morgan fingerprint density at radius 1 is 0.955 bits per heavy atom. The normalized spacial score (nSPS) is 10.1. The monoisotopic (exact) mass is 318 g/mol. The van der Waals surface area contributed by atoms with Crippen molar-refractivity contribution in [3.63, 3.8) is 0 Å². The van der Waals surface area contributed by atoms with Gasteiger partial charge in [0.2, 0.25) is 0 Å². The molecule has 114 valence electrons.